The van der Waals surface area contributed by atoms with Crippen LogP contribution in [-0.2, 0) is 13.5 Å². The van der Waals surface area contributed by atoms with Gasteiger partial charge in [-0.15, -0.1) is 0 Å². The standard InChI is InChI=1S/C19H29N7/c1-25-13-14(12-22-25)5-4-6-21-18-11-17(15-9-16(20)10-15)23-19(24-18)26-7-2-3-8-26/h11-13,15-16H,2-10,20H2,1H3,(H,21,23,24). The molecule has 1 aliphatic heterocycles. The summed E-state index contributed by atoms with van der Waals surface area (Å²) in [5.41, 5.74) is 8.41. The van der Waals surface area contributed by atoms with Crippen LogP contribution in [0, 0.1) is 0 Å². The average molecular weight is 355 g/mol. The summed E-state index contributed by atoms with van der Waals surface area (Å²) < 4.78 is 1.85. The summed E-state index contributed by atoms with van der Waals surface area (Å²) >= 11 is 0. The number of rotatable bonds is 7. The maximum Gasteiger partial charge on any atom is 0.227 e. The molecule has 140 valence electrons. The molecule has 0 bridgehead atoms. The predicted octanol–water partition coefficient (Wildman–Crippen LogP) is 2.06. The highest BCUT2D eigenvalue weighted by Crippen LogP contribution is 2.36. The van der Waals surface area contributed by atoms with Crippen LogP contribution in [-0.4, -0.2) is 45.4 Å². The van der Waals surface area contributed by atoms with Gasteiger partial charge in [-0.25, -0.2) is 4.98 Å². The Morgan fingerprint density at radius 3 is 2.73 bits per heavy atom. The summed E-state index contributed by atoms with van der Waals surface area (Å²) in [5.74, 6) is 2.32. The molecule has 1 aliphatic carbocycles. The van der Waals surface area contributed by atoms with E-state index >= 15 is 0 Å². The first-order chi connectivity index (χ1) is 12.7. The summed E-state index contributed by atoms with van der Waals surface area (Å²) in [6, 6.07) is 2.46. The number of anilines is 2. The van der Waals surface area contributed by atoms with Gasteiger partial charge >= 0.3 is 0 Å². The summed E-state index contributed by atoms with van der Waals surface area (Å²) in [5, 5.41) is 7.73. The topological polar surface area (TPSA) is 84.9 Å². The fraction of sp³-hybridized carbons (Fsp3) is 0.632. The molecule has 4 rings (SSSR count). The highest BCUT2D eigenvalue weighted by Gasteiger charge is 2.30. The first kappa shape index (κ1) is 17.3. The molecule has 1 saturated carbocycles. The van der Waals surface area contributed by atoms with Crippen LogP contribution < -0.4 is 16.0 Å². The van der Waals surface area contributed by atoms with Gasteiger partial charge in [0.25, 0.3) is 0 Å². The van der Waals surface area contributed by atoms with Crippen LogP contribution in [0.4, 0.5) is 11.8 Å². The Morgan fingerprint density at radius 1 is 1.23 bits per heavy atom. The lowest BCUT2D eigenvalue weighted by Gasteiger charge is -2.32. The molecule has 0 amide bonds. The zero-order valence-electron chi connectivity index (χ0n) is 15.6. The minimum absolute atomic E-state index is 0.334. The molecule has 2 fully saturated rings. The van der Waals surface area contributed by atoms with E-state index in [1.165, 1.54) is 18.4 Å². The number of aryl methyl sites for hydroxylation is 2. The van der Waals surface area contributed by atoms with Gasteiger partial charge in [-0.1, -0.05) is 0 Å². The zero-order valence-corrected chi connectivity index (χ0v) is 15.6. The van der Waals surface area contributed by atoms with Gasteiger partial charge in [0.05, 0.1) is 11.9 Å². The predicted molar refractivity (Wildman–Crippen MR) is 103 cm³/mol. The number of nitrogens with two attached hydrogens (primary N) is 1. The molecular formula is C19H29N7. The third kappa shape index (κ3) is 3.98. The molecular weight excluding hydrogens is 326 g/mol. The lowest BCUT2D eigenvalue weighted by Crippen LogP contribution is -2.35. The summed E-state index contributed by atoms with van der Waals surface area (Å²) in [4.78, 5) is 11.9. The van der Waals surface area contributed by atoms with E-state index in [2.05, 4.69) is 27.6 Å². The van der Waals surface area contributed by atoms with E-state index in [0.717, 1.165) is 62.8 Å². The Labute approximate surface area is 155 Å². The first-order valence-corrected chi connectivity index (χ1v) is 9.78. The van der Waals surface area contributed by atoms with Gasteiger partial charge < -0.3 is 16.0 Å². The van der Waals surface area contributed by atoms with E-state index in [1.807, 2.05) is 17.9 Å². The normalized spacial score (nSPS) is 22.5. The van der Waals surface area contributed by atoms with E-state index in [-0.39, 0.29) is 0 Å². The molecule has 2 aromatic heterocycles. The van der Waals surface area contributed by atoms with Crippen molar-refractivity contribution >= 4 is 11.8 Å². The van der Waals surface area contributed by atoms with Crippen molar-refractivity contribution in [1.29, 1.82) is 0 Å². The second-order valence-electron chi connectivity index (χ2n) is 7.65. The molecule has 2 aromatic rings. The number of nitrogens with one attached hydrogen (secondary N) is 1. The molecule has 0 aromatic carbocycles. The number of aromatic nitrogens is 4. The monoisotopic (exact) mass is 355 g/mol. The zero-order chi connectivity index (χ0) is 17.9. The molecule has 26 heavy (non-hydrogen) atoms. The van der Waals surface area contributed by atoms with Crippen LogP contribution in [0.2, 0.25) is 0 Å². The Bertz CT molecular complexity index is 729. The third-order valence-electron chi connectivity index (χ3n) is 5.42. The van der Waals surface area contributed by atoms with Gasteiger partial charge in [0.15, 0.2) is 0 Å². The van der Waals surface area contributed by atoms with Crippen molar-refractivity contribution in [2.45, 2.75) is 50.5 Å². The Hall–Kier alpha value is -2.15. The van der Waals surface area contributed by atoms with Crippen molar-refractivity contribution in [1.82, 2.24) is 19.7 Å². The second-order valence-corrected chi connectivity index (χ2v) is 7.65. The summed E-state index contributed by atoms with van der Waals surface area (Å²) in [7, 11) is 1.95. The van der Waals surface area contributed by atoms with Crippen LogP contribution in [0.3, 0.4) is 0 Å². The second kappa shape index (κ2) is 7.61. The van der Waals surface area contributed by atoms with Gasteiger partial charge in [0.2, 0.25) is 5.95 Å². The third-order valence-corrected chi connectivity index (χ3v) is 5.42. The highest BCUT2D eigenvalue weighted by molar-refractivity contribution is 5.45. The number of hydrogen-bond donors (Lipinski definition) is 2. The van der Waals surface area contributed by atoms with Crippen molar-refractivity contribution in [3.63, 3.8) is 0 Å². The van der Waals surface area contributed by atoms with Gasteiger partial charge in [-0.05, 0) is 44.1 Å². The van der Waals surface area contributed by atoms with Gasteiger partial charge in [-0.3, -0.25) is 4.68 Å². The lowest BCUT2D eigenvalue weighted by molar-refractivity contribution is 0.345. The molecule has 0 atom stereocenters. The molecule has 3 N–H and O–H groups in total. The van der Waals surface area contributed by atoms with Crippen LogP contribution in [0.1, 0.15) is 49.3 Å². The van der Waals surface area contributed by atoms with E-state index in [0.29, 0.717) is 12.0 Å². The van der Waals surface area contributed by atoms with E-state index in [1.54, 1.807) is 0 Å². The van der Waals surface area contributed by atoms with Crippen LogP contribution in [0.5, 0.6) is 0 Å². The fourth-order valence-corrected chi connectivity index (χ4v) is 3.82. The molecule has 0 radical (unpaired) electrons. The minimum atomic E-state index is 0.334. The van der Waals surface area contributed by atoms with E-state index in [9.17, 15) is 0 Å². The van der Waals surface area contributed by atoms with Gasteiger partial charge in [-0.2, -0.15) is 10.1 Å². The van der Waals surface area contributed by atoms with Gasteiger partial charge in [0, 0.05) is 50.9 Å². The maximum absolute atomic E-state index is 5.98. The Balaban J connectivity index is 1.40. The van der Waals surface area contributed by atoms with Crippen molar-refractivity contribution in [3.05, 3.63) is 29.7 Å². The largest absolute Gasteiger partial charge is 0.370 e. The number of hydrogen-bond acceptors (Lipinski definition) is 6. The number of nitrogens with zero attached hydrogens (tertiary/aromatic N) is 5. The van der Waals surface area contributed by atoms with Crippen LogP contribution in [0.25, 0.3) is 0 Å². The van der Waals surface area contributed by atoms with Crippen molar-refractivity contribution in [2.75, 3.05) is 29.9 Å². The smallest absolute Gasteiger partial charge is 0.227 e. The molecule has 7 nitrogen and oxygen atoms in total. The van der Waals surface area contributed by atoms with Gasteiger partial charge in [0.1, 0.15) is 5.82 Å². The quantitative estimate of drug-likeness (QED) is 0.740. The lowest BCUT2D eigenvalue weighted by atomic mass is 9.78. The van der Waals surface area contributed by atoms with Crippen molar-refractivity contribution in [3.8, 4) is 0 Å². The summed E-state index contributed by atoms with van der Waals surface area (Å²) in [6.07, 6.45) is 10.6. The average Bonchev–Trinajstić information content (AvgIpc) is 3.27. The fourth-order valence-electron chi connectivity index (χ4n) is 3.82. The molecule has 0 spiro atoms. The summed E-state index contributed by atoms with van der Waals surface area (Å²) in [6.45, 7) is 3.02. The van der Waals surface area contributed by atoms with E-state index < -0.39 is 0 Å². The molecule has 7 heteroatoms. The Morgan fingerprint density at radius 2 is 2.04 bits per heavy atom. The molecule has 2 aliphatic rings. The van der Waals surface area contributed by atoms with Crippen LogP contribution >= 0.6 is 0 Å². The van der Waals surface area contributed by atoms with Crippen LogP contribution in [0.15, 0.2) is 18.5 Å². The first-order valence-electron chi connectivity index (χ1n) is 9.78. The molecule has 0 unspecified atom stereocenters. The van der Waals surface area contributed by atoms with Crippen molar-refractivity contribution in [2.24, 2.45) is 12.8 Å². The maximum atomic E-state index is 5.98. The molecule has 1 saturated heterocycles. The Kier molecular flexibility index (Phi) is 5.06. The molecule has 3 heterocycles. The SMILES string of the molecule is Cn1cc(CCCNc2cc(C3CC(N)C3)nc(N3CCCC3)n2)cn1. The highest BCUT2D eigenvalue weighted by atomic mass is 15.3. The minimum Gasteiger partial charge on any atom is -0.370 e. The van der Waals surface area contributed by atoms with E-state index in [4.69, 9.17) is 15.7 Å². The van der Waals surface area contributed by atoms with Crippen molar-refractivity contribution < 1.29 is 0 Å².